The molecular weight excluding hydrogens is 390 g/mol. The summed E-state index contributed by atoms with van der Waals surface area (Å²) in [6.45, 7) is 5.70. The molecule has 0 bridgehead atoms. The number of morpholine rings is 1. The normalized spacial score (nSPS) is 19.3. The Kier molecular flexibility index (Phi) is 5.30. The predicted molar refractivity (Wildman–Crippen MR) is 114 cm³/mol. The number of carbonyl (C=O) groups is 1. The lowest BCUT2D eigenvalue weighted by Crippen LogP contribution is -2.49. The lowest BCUT2D eigenvalue weighted by atomic mass is 10.1. The van der Waals surface area contributed by atoms with Gasteiger partial charge in [-0.25, -0.2) is 9.78 Å². The fraction of sp³-hybridized carbons (Fsp3) is 0.273. The molecule has 1 aromatic heterocycles. The Balaban J connectivity index is 1.67. The Bertz CT molecular complexity index is 1000. The highest BCUT2D eigenvalue weighted by Crippen LogP contribution is 2.30. The second kappa shape index (κ2) is 7.89. The maximum atomic E-state index is 11.7. The zero-order chi connectivity index (χ0) is 20.5. The van der Waals surface area contributed by atoms with Crippen LogP contribution in [0, 0.1) is 0 Å². The van der Waals surface area contributed by atoms with E-state index in [0.29, 0.717) is 41.8 Å². The molecule has 3 aromatic rings. The number of H-pyrrole nitrogens is 1. The molecule has 2 N–H and O–H groups in total. The summed E-state index contributed by atoms with van der Waals surface area (Å²) in [6, 6.07) is 15.6. The minimum Gasteiger partial charge on any atom is -0.476 e. The van der Waals surface area contributed by atoms with Gasteiger partial charge in [0.15, 0.2) is 5.69 Å². The monoisotopic (exact) mass is 411 g/mol. The number of ether oxygens (including phenoxy) is 1. The maximum Gasteiger partial charge on any atom is 0.356 e. The highest BCUT2D eigenvalue weighted by Gasteiger charge is 2.25. The highest BCUT2D eigenvalue weighted by atomic mass is 35.5. The molecular formula is C22H22ClN3O3. The molecule has 1 aliphatic rings. The number of aromatic nitrogens is 2. The standard InChI is InChI=1S/C22H22ClN3O3/c1-13-11-29-12-14(2)26(13)18-9-5-16(6-10-18)21-24-19(20(25-21)22(27)28)15-3-7-17(23)8-4-15/h3-10,13-14H,11-12H2,1-2H3,(H,24,25)(H,27,28). The van der Waals surface area contributed by atoms with E-state index in [4.69, 9.17) is 16.3 Å². The van der Waals surface area contributed by atoms with Crippen LogP contribution in [0.15, 0.2) is 48.5 Å². The third kappa shape index (κ3) is 3.86. The van der Waals surface area contributed by atoms with Crippen molar-refractivity contribution < 1.29 is 14.6 Å². The quantitative estimate of drug-likeness (QED) is 0.650. The first-order valence-electron chi connectivity index (χ1n) is 9.50. The van der Waals surface area contributed by atoms with Crippen molar-refractivity contribution in [2.24, 2.45) is 0 Å². The molecule has 1 fully saturated rings. The van der Waals surface area contributed by atoms with E-state index in [1.165, 1.54) is 0 Å². The zero-order valence-electron chi connectivity index (χ0n) is 16.2. The number of halogens is 1. The van der Waals surface area contributed by atoms with Gasteiger partial charge < -0.3 is 19.7 Å². The van der Waals surface area contributed by atoms with Gasteiger partial charge in [-0.1, -0.05) is 23.7 Å². The second-order valence-corrected chi connectivity index (χ2v) is 7.75. The van der Waals surface area contributed by atoms with Crippen LogP contribution in [0.3, 0.4) is 0 Å². The van der Waals surface area contributed by atoms with Gasteiger partial charge in [-0.05, 0) is 50.2 Å². The van der Waals surface area contributed by atoms with E-state index in [-0.39, 0.29) is 5.69 Å². The fourth-order valence-electron chi connectivity index (χ4n) is 3.79. The summed E-state index contributed by atoms with van der Waals surface area (Å²) in [6.07, 6.45) is 0. The van der Waals surface area contributed by atoms with Gasteiger partial charge in [0.2, 0.25) is 0 Å². The molecule has 1 aliphatic heterocycles. The number of hydrogen-bond donors (Lipinski definition) is 2. The van der Waals surface area contributed by atoms with Crippen molar-refractivity contribution in [1.82, 2.24) is 9.97 Å². The lowest BCUT2D eigenvalue weighted by molar-refractivity contribution is 0.0692. The summed E-state index contributed by atoms with van der Waals surface area (Å²) in [5.41, 5.74) is 3.11. The Morgan fingerprint density at radius 3 is 2.24 bits per heavy atom. The molecule has 0 saturated carbocycles. The van der Waals surface area contributed by atoms with Crippen LogP contribution in [-0.2, 0) is 4.74 Å². The van der Waals surface area contributed by atoms with Crippen molar-refractivity contribution in [1.29, 1.82) is 0 Å². The number of hydrogen-bond acceptors (Lipinski definition) is 4. The first-order valence-corrected chi connectivity index (χ1v) is 9.87. The number of nitrogens with zero attached hydrogens (tertiary/aromatic N) is 2. The molecule has 0 aliphatic carbocycles. The van der Waals surface area contributed by atoms with E-state index in [2.05, 4.69) is 28.7 Å². The van der Waals surface area contributed by atoms with Crippen molar-refractivity contribution in [3.8, 4) is 22.6 Å². The number of benzene rings is 2. The van der Waals surface area contributed by atoms with Crippen LogP contribution in [-0.4, -0.2) is 46.3 Å². The van der Waals surface area contributed by atoms with Crippen molar-refractivity contribution in [2.45, 2.75) is 25.9 Å². The van der Waals surface area contributed by atoms with Crippen LogP contribution >= 0.6 is 11.6 Å². The molecule has 2 atom stereocenters. The molecule has 29 heavy (non-hydrogen) atoms. The summed E-state index contributed by atoms with van der Waals surface area (Å²) >= 11 is 5.95. The SMILES string of the molecule is CC1COCC(C)N1c1ccc(-c2nc(C(=O)O)c(-c3ccc(Cl)cc3)[nH]2)cc1. The van der Waals surface area contributed by atoms with Gasteiger partial charge >= 0.3 is 5.97 Å². The Labute approximate surface area is 174 Å². The van der Waals surface area contributed by atoms with Crippen molar-refractivity contribution in [3.63, 3.8) is 0 Å². The molecule has 2 heterocycles. The maximum absolute atomic E-state index is 11.7. The van der Waals surface area contributed by atoms with E-state index in [1.54, 1.807) is 24.3 Å². The van der Waals surface area contributed by atoms with Crippen LogP contribution in [0.5, 0.6) is 0 Å². The number of carboxylic acids is 1. The summed E-state index contributed by atoms with van der Waals surface area (Å²) in [5.74, 6) is -0.563. The number of nitrogens with one attached hydrogen (secondary N) is 1. The molecule has 0 spiro atoms. The number of aromatic amines is 1. The molecule has 7 heteroatoms. The molecule has 0 radical (unpaired) electrons. The summed E-state index contributed by atoms with van der Waals surface area (Å²) in [4.78, 5) is 21.5. The van der Waals surface area contributed by atoms with E-state index >= 15 is 0 Å². The minimum absolute atomic E-state index is 0.0122. The van der Waals surface area contributed by atoms with Gasteiger partial charge in [-0.15, -0.1) is 0 Å². The minimum atomic E-state index is -1.08. The third-order valence-electron chi connectivity index (χ3n) is 5.15. The summed E-state index contributed by atoms with van der Waals surface area (Å²) < 4.78 is 5.61. The Hall–Kier alpha value is -2.83. The average Bonchev–Trinajstić information content (AvgIpc) is 3.15. The molecule has 6 nitrogen and oxygen atoms in total. The van der Waals surface area contributed by atoms with Crippen LogP contribution in [0.2, 0.25) is 5.02 Å². The van der Waals surface area contributed by atoms with Gasteiger partial charge in [-0.2, -0.15) is 0 Å². The molecule has 0 amide bonds. The molecule has 2 unspecified atom stereocenters. The van der Waals surface area contributed by atoms with E-state index in [9.17, 15) is 9.90 Å². The van der Waals surface area contributed by atoms with E-state index in [0.717, 1.165) is 16.8 Å². The van der Waals surface area contributed by atoms with E-state index < -0.39 is 5.97 Å². The number of aromatic carboxylic acids is 1. The highest BCUT2D eigenvalue weighted by molar-refractivity contribution is 6.30. The van der Waals surface area contributed by atoms with Crippen LogP contribution in [0.4, 0.5) is 5.69 Å². The number of rotatable bonds is 4. The van der Waals surface area contributed by atoms with Crippen LogP contribution in [0.25, 0.3) is 22.6 Å². The van der Waals surface area contributed by atoms with Gasteiger partial charge in [0.1, 0.15) is 5.82 Å². The smallest absolute Gasteiger partial charge is 0.356 e. The molecule has 2 aromatic carbocycles. The molecule has 4 rings (SSSR count). The van der Waals surface area contributed by atoms with Gasteiger partial charge in [0.05, 0.1) is 18.9 Å². The van der Waals surface area contributed by atoms with Gasteiger partial charge in [0.25, 0.3) is 0 Å². The number of imidazole rings is 1. The third-order valence-corrected chi connectivity index (χ3v) is 5.40. The van der Waals surface area contributed by atoms with Crippen LogP contribution < -0.4 is 4.90 Å². The van der Waals surface area contributed by atoms with E-state index in [1.807, 2.05) is 24.3 Å². The van der Waals surface area contributed by atoms with Crippen molar-refractivity contribution in [3.05, 3.63) is 59.2 Å². The largest absolute Gasteiger partial charge is 0.476 e. The number of anilines is 1. The first-order chi connectivity index (χ1) is 13.9. The summed E-state index contributed by atoms with van der Waals surface area (Å²) in [7, 11) is 0. The van der Waals surface area contributed by atoms with Crippen molar-refractivity contribution >= 4 is 23.3 Å². The zero-order valence-corrected chi connectivity index (χ0v) is 17.0. The topological polar surface area (TPSA) is 78.4 Å². The van der Waals surface area contributed by atoms with Gasteiger partial charge in [-0.3, -0.25) is 0 Å². The Morgan fingerprint density at radius 2 is 1.66 bits per heavy atom. The molecule has 1 saturated heterocycles. The molecule has 150 valence electrons. The Morgan fingerprint density at radius 1 is 1.07 bits per heavy atom. The number of carboxylic acid groups (broad SMARTS) is 1. The fourth-order valence-corrected chi connectivity index (χ4v) is 3.92. The average molecular weight is 412 g/mol. The predicted octanol–water partition coefficient (Wildman–Crippen LogP) is 4.71. The van der Waals surface area contributed by atoms with Crippen molar-refractivity contribution in [2.75, 3.05) is 18.1 Å². The van der Waals surface area contributed by atoms with Gasteiger partial charge in [0, 0.05) is 33.9 Å². The first kappa shape index (κ1) is 19.5. The lowest BCUT2D eigenvalue weighted by Gasteiger charge is -2.40. The second-order valence-electron chi connectivity index (χ2n) is 7.31. The summed E-state index contributed by atoms with van der Waals surface area (Å²) in [5, 5.41) is 10.2. The van der Waals surface area contributed by atoms with Crippen LogP contribution in [0.1, 0.15) is 24.3 Å².